The molecule has 2 rings (SSSR count). The predicted octanol–water partition coefficient (Wildman–Crippen LogP) is 5.25. The Hall–Kier alpha value is -2.65. The zero-order valence-corrected chi connectivity index (χ0v) is 22.2. The summed E-state index contributed by atoms with van der Waals surface area (Å²) in [6, 6.07) is 12.7. The van der Waals surface area contributed by atoms with E-state index in [4.69, 9.17) is 21.7 Å². The van der Waals surface area contributed by atoms with E-state index in [-0.39, 0.29) is 11.7 Å². The third-order valence-corrected chi connectivity index (χ3v) is 5.73. The molecule has 2 amide bonds. The van der Waals surface area contributed by atoms with Crippen molar-refractivity contribution in [3.63, 3.8) is 0 Å². The molecule has 0 bridgehead atoms. The van der Waals surface area contributed by atoms with Gasteiger partial charge in [0.1, 0.15) is 11.5 Å². The van der Waals surface area contributed by atoms with Crippen LogP contribution in [0.1, 0.15) is 68.3 Å². The van der Waals surface area contributed by atoms with E-state index >= 15 is 0 Å². The summed E-state index contributed by atoms with van der Waals surface area (Å²) < 4.78 is 12.1. The molecule has 0 spiro atoms. The lowest BCUT2D eigenvalue weighted by molar-refractivity contribution is -0.123. The second-order valence-corrected chi connectivity index (χ2v) is 9.26. The van der Waals surface area contributed by atoms with Crippen LogP contribution in [-0.4, -0.2) is 30.1 Å². The number of carbonyl (C=O) groups excluding carboxylic acids is 2. The number of unbranched alkanes of at least 4 members (excludes halogenated alkanes) is 3. The number of nitrogens with one attached hydrogen (secondary N) is 3. The molecule has 0 atom stereocenters. The molecular weight excluding hydrogens is 518 g/mol. The molecule has 0 unspecified atom stereocenters. The van der Waals surface area contributed by atoms with Crippen LogP contribution in [0, 0.1) is 0 Å². The fourth-order valence-corrected chi connectivity index (χ4v) is 3.65. The highest BCUT2D eigenvalue weighted by atomic mass is 79.9. The average Bonchev–Trinajstić information content (AvgIpc) is 2.82. The molecule has 184 valence electrons. The smallest absolute Gasteiger partial charge is 0.276 e. The van der Waals surface area contributed by atoms with Gasteiger partial charge in [-0.3, -0.25) is 25.8 Å². The van der Waals surface area contributed by atoms with Crippen LogP contribution in [0.5, 0.6) is 11.5 Å². The van der Waals surface area contributed by atoms with Crippen LogP contribution < -0.4 is 25.6 Å². The van der Waals surface area contributed by atoms with E-state index in [1.165, 1.54) is 0 Å². The van der Waals surface area contributed by atoms with Gasteiger partial charge in [-0.05, 0) is 70.3 Å². The Morgan fingerprint density at radius 1 is 1.00 bits per heavy atom. The van der Waals surface area contributed by atoms with Crippen LogP contribution in [0.15, 0.2) is 46.9 Å². The minimum absolute atomic E-state index is 0.0430. The molecule has 2 aromatic carbocycles. The SMILES string of the molecule is CCCCCCOc1ccccc1C(=O)NC(=S)NNC(=O)COc1ccc(C(C)C)cc1Br. The maximum absolute atomic E-state index is 12.6. The Morgan fingerprint density at radius 3 is 2.47 bits per heavy atom. The van der Waals surface area contributed by atoms with Crippen LogP contribution in [0.25, 0.3) is 0 Å². The summed E-state index contributed by atoms with van der Waals surface area (Å²) in [5.41, 5.74) is 6.45. The molecule has 9 heteroatoms. The molecule has 34 heavy (non-hydrogen) atoms. The van der Waals surface area contributed by atoms with Crippen molar-refractivity contribution in [3.05, 3.63) is 58.1 Å². The second-order valence-electron chi connectivity index (χ2n) is 7.99. The zero-order chi connectivity index (χ0) is 24.9. The van der Waals surface area contributed by atoms with E-state index in [1.54, 1.807) is 18.2 Å². The van der Waals surface area contributed by atoms with Crippen molar-refractivity contribution in [2.75, 3.05) is 13.2 Å². The first kappa shape index (κ1) is 27.6. The van der Waals surface area contributed by atoms with Crippen molar-refractivity contribution in [1.82, 2.24) is 16.2 Å². The number of hydrogen-bond donors (Lipinski definition) is 3. The van der Waals surface area contributed by atoms with Crippen molar-refractivity contribution in [2.45, 2.75) is 52.4 Å². The molecular formula is C25H32BrN3O4S. The highest BCUT2D eigenvalue weighted by Crippen LogP contribution is 2.28. The molecule has 0 aliphatic heterocycles. The van der Waals surface area contributed by atoms with Gasteiger partial charge in [-0.15, -0.1) is 0 Å². The number of carbonyl (C=O) groups is 2. The molecule has 0 fully saturated rings. The van der Waals surface area contributed by atoms with Crippen molar-refractivity contribution in [3.8, 4) is 11.5 Å². The van der Waals surface area contributed by atoms with Gasteiger partial charge in [-0.1, -0.05) is 58.2 Å². The van der Waals surface area contributed by atoms with E-state index in [0.717, 1.165) is 35.7 Å². The van der Waals surface area contributed by atoms with Crippen molar-refractivity contribution in [2.24, 2.45) is 0 Å². The van der Waals surface area contributed by atoms with Crippen LogP contribution in [0.4, 0.5) is 0 Å². The van der Waals surface area contributed by atoms with Gasteiger partial charge in [0.25, 0.3) is 11.8 Å². The van der Waals surface area contributed by atoms with Gasteiger partial charge in [0.2, 0.25) is 0 Å². The summed E-state index contributed by atoms with van der Waals surface area (Å²) in [4.78, 5) is 24.7. The number of thiocarbonyl (C=S) groups is 1. The number of rotatable bonds is 11. The number of benzene rings is 2. The fraction of sp³-hybridized carbons (Fsp3) is 0.400. The van der Waals surface area contributed by atoms with E-state index in [9.17, 15) is 9.59 Å². The van der Waals surface area contributed by atoms with Crippen LogP contribution in [0.2, 0.25) is 0 Å². The van der Waals surface area contributed by atoms with E-state index in [1.807, 2.05) is 24.3 Å². The Bertz CT molecular complexity index is 984. The summed E-state index contributed by atoms with van der Waals surface area (Å²) in [7, 11) is 0. The van der Waals surface area contributed by atoms with E-state index in [0.29, 0.717) is 29.6 Å². The summed E-state index contributed by atoms with van der Waals surface area (Å²) in [6.45, 7) is 6.67. The monoisotopic (exact) mass is 549 g/mol. The molecule has 0 saturated heterocycles. The number of halogens is 1. The number of hydrogen-bond acceptors (Lipinski definition) is 5. The first-order valence-electron chi connectivity index (χ1n) is 11.4. The quantitative estimate of drug-likeness (QED) is 0.201. The summed E-state index contributed by atoms with van der Waals surface area (Å²) in [5, 5.41) is 2.50. The first-order chi connectivity index (χ1) is 16.3. The van der Waals surface area contributed by atoms with Gasteiger partial charge in [-0.2, -0.15) is 0 Å². The van der Waals surface area contributed by atoms with Gasteiger partial charge < -0.3 is 9.47 Å². The minimum Gasteiger partial charge on any atom is -0.493 e. The fourth-order valence-electron chi connectivity index (χ4n) is 2.99. The molecule has 7 nitrogen and oxygen atoms in total. The highest BCUT2D eigenvalue weighted by molar-refractivity contribution is 9.10. The van der Waals surface area contributed by atoms with Gasteiger partial charge >= 0.3 is 0 Å². The lowest BCUT2D eigenvalue weighted by Crippen LogP contribution is -2.49. The molecule has 2 aromatic rings. The molecule has 0 saturated carbocycles. The van der Waals surface area contributed by atoms with Crippen molar-refractivity contribution >= 4 is 45.1 Å². The largest absolute Gasteiger partial charge is 0.493 e. The van der Waals surface area contributed by atoms with Gasteiger partial charge in [0, 0.05) is 0 Å². The summed E-state index contributed by atoms with van der Waals surface area (Å²) >= 11 is 8.58. The third kappa shape index (κ3) is 9.30. The molecule has 3 N–H and O–H groups in total. The normalized spacial score (nSPS) is 10.5. The van der Waals surface area contributed by atoms with Crippen LogP contribution in [0.3, 0.4) is 0 Å². The van der Waals surface area contributed by atoms with Crippen molar-refractivity contribution < 1.29 is 19.1 Å². The topological polar surface area (TPSA) is 88.7 Å². The number of hydrazine groups is 1. The molecule has 0 heterocycles. The first-order valence-corrected chi connectivity index (χ1v) is 12.6. The Kier molecular flexibility index (Phi) is 11.8. The summed E-state index contributed by atoms with van der Waals surface area (Å²) in [6.07, 6.45) is 4.32. The predicted molar refractivity (Wildman–Crippen MR) is 141 cm³/mol. The minimum atomic E-state index is -0.452. The molecule has 0 radical (unpaired) electrons. The number of ether oxygens (including phenoxy) is 2. The third-order valence-electron chi connectivity index (χ3n) is 4.91. The number of para-hydroxylation sites is 1. The highest BCUT2D eigenvalue weighted by Gasteiger charge is 2.14. The molecule has 0 aliphatic rings. The standard InChI is InChI=1S/C25H32BrN3O4S/c1-4-5-6-9-14-32-21-11-8-7-10-19(21)24(31)27-25(34)29-28-23(30)16-33-22-13-12-18(17(2)3)15-20(22)26/h7-8,10-13,15,17H,4-6,9,14,16H2,1-3H3,(H,28,30)(H2,27,29,31,34). The maximum atomic E-state index is 12.6. The van der Waals surface area contributed by atoms with Gasteiger partial charge in [-0.25, -0.2) is 0 Å². The zero-order valence-electron chi connectivity index (χ0n) is 19.8. The van der Waals surface area contributed by atoms with Crippen LogP contribution in [-0.2, 0) is 4.79 Å². The van der Waals surface area contributed by atoms with Crippen molar-refractivity contribution in [1.29, 1.82) is 0 Å². The Labute approximate surface area is 215 Å². The maximum Gasteiger partial charge on any atom is 0.276 e. The number of amides is 2. The van der Waals surface area contributed by atoms with Crippen LogP contribution >= 0.6 is 28.1 Å². The molecule has 0 aromatic heterocycles. The summed E-state index contributed by atoms with van der Waals surface area (Å²) in [5.74, 6) is 0.555. The lowest BCUT2D eigenvalue weighted by atomic mass is 10.0. The average molecular weight is 551 g/mol. The van der Waals surface area contributed by atoms with Gasteiger partial charge in [0.05, 0.1) is 16.6 Å². The molecule has 0 aliphatic carbocycles. The van der Waals surface area contributed by atoms with Gasteiger partial charge in [0.15, 0.2) is 11.7 Å². The van der Waals surface area contributed by atoms with E-state index < -0.39 is 11.8 Å². The van der Waals surface area contributed by atoms with E-state index in [2.05, 4.69) is 52.9 Å². The Balaban J connectivity index is 1.78. The second kappa shape index (κ2) is 14.6. The lowest BCUT2D eigenvalue weighted by Gasteiger charge is -2.14. The Morgan fingerprint density at radius 2 is 1.76 bits per heavy atom.